The first-order chi connectivity index (χ1) is 9.24. The molecule has 0 saturated carbocycles. The number of nitrogens with zero attached hydrogens (tertiary/aromatic N) is 1. The number of hydrogen-bond acceptors (Lipinski definition) is 3. The topological polar surface area (TPSA) is 42.4 Å². The van der Waals surface area contributed by atoms with Crippen molar-refractivity contribution in [3.05, 3.63) is 59.4 Å². The van der Waals surface area contributed by atoms with Gasteiger partial charge in [0.25, 0.3) is 0 Å². The molecule has 1 aliphatic rings. The SMILES string of the molecule is Cc1cncc(C(O)C2COc3ccccc3C2)c1. The molecule has 3 nitrogen and oxygen atoms in total. The van der Waals surface area contributed by atoms with E-state index in [-0.39, 0.29) is 5.92 Å². The van der Waals surface area contributed by atoms with Crippen LogP contribution in [0.4, 0.5) is 0 Å². The molecule has 1 aromatic heterocycles. The van der Waals surface area contributed by atoms with Gasteiger partial charge in [0.05, 0.1) is 12.7 Å². The largest absolute Gasteiger partial charge is 0.493 e. The molecule has 0 fully saturated rings. The summed E-state index contributed by atoms with van der Waals surface area (Å²) in [6.45, 7) is 2.53. The number of aliphatic hydroxyl groups is 1. The maximum absolute atomic E-state index is 10.5. The van der Waals surface area contributed by atoms with Crippen LogP contribution >= 0.6 is 0 Å². The third-order valence-corrected chi connectivity index (χ3v) is 3.59. The molecule has 0 radical (unpaired) electrons. The van der Waals surface area contributed by atoms with Crippen LogP contribution in [0.3, 0.4) is 0 Å². The number of fused-ring (bicyclic) bond motifs is 1. The number of para-hydroxylation sites is 1. The summed E-state index contributed by atoms with van der Waals surface area (Å²) < 4.78 is 5.73. The van der Waals surface area contributed by atoms with Gasteiger partial charge in [-0.05, 0) is 36.1 Å². The van der Waals surface area contributed by atoms with Crippen molar-refractivity contribution in [1.29, 1.82) is 0 Å². The molecule has 19 heavy (non-hydrogen) atoms. The normalized spacial score (nSPS) is 19.4. The summed E-state index contributed by atoms with van der Waals surface area (Å²) in [4.78, 5) is 4.14. The third kappa shape index (κ3) is 2.47. The monoisotopic (exact) mass is 255 g/mol. The third-order valence-electron chi connectivity index (χ3n) is 3.59. The second kappa shape index (κ2) is 5.02. The van der Waals surface area contributed by atoms with Gasteiger partial charge in [0.2, 0.25) is 0 Å². The van der Waals surface area contributed by atoms with Gasteiger partial charge >= 0.3 is 0 Å². The first-order valence-electron chi connectivity index (χ1n) is 6.54. The van der Waals surface area contributed by atoms with Gasteiger partial charge in [-0.15, -0.1) is 0 Å². The van der Waals surface area contributed by atoms with E-state index in [0.717, 1.165) is 23.3 Å². The Morgan fingerprint density at radius 1 is 1.32 bits per heavy atom. The zero-order chi connectivity index (χ0) is 13.2. The van der Waals surface area contributed by atoms with Crippen molar-refractivity contribution in [2.45, 2.75) is 19.4 Å². The first-order valence-corrected chi connectivity index (χ1v) is 6.54. The first kappa shape index (κ1) is 12.2. The summed E-state index contributed by atoms with van der Waals surface area (Å²) in [5, 5.41) is 10.5. The highest BCUT2D eigenvalue weighted by molar-refractivity contribution is 5.35. The van der Waals surface area contributed by atoms with Crippen molar-refractivity contribution in [2.75, 3.05) is 6.61 Å². The zero-order valence-corrected chi connectivity index (χ0v) is 10.9. The number of aryl methyl sites for hydroxylation is 1. The summed E-state index contributed by atoms with van der Waals surface area (Å²) in [6, 6.07) is 10.00. The number of ether oxygens (including phenoxy) is 1. The van der Waals surface area contributed by atoms with Crippen molar-refractivity contribution in [1.82, 2.24) is 4.98 Å². The second-order valence-corrected chi connectivity index (χ2v) is 5.12. The Morgan fingerprint density at radius 2 is 2.16 bits per heavy atom. The summed E-state index contributed by atoms with van der Waals surface area (Å²) in [6.07, 6.45) is 3.84. The summed E-state index contributed by atoms with van der Waals surface area (Å²) in [5.41, 5.74) is 3.10. The molecule has 0 saturated heterocycles. The molecule has 98 valence electrons. The molecule has 1 N–H and O–H groups in total. The lowest BCUT2D eigenvalue weighted by molar-refractivity contribution is 0.0642. The van der Waals surface area contributed by atoms with Crippen LogP contribution in [-0.2, 0) is 6.42 Å². The lowest BCUT2D eigenvalue weighted by Gasteiger charge is -2.29. The van der Waals surface area contributed by atoms with E-state index >= 15 is 0 Å². The summed E-state index contributed by atoms with van der Waals surface area (Å²) in [5.74, 6) is 1.02. The van der Waals surface area contributed by atoms with Crippen molar-refractivity contribution >= 4 is 0 Å². The van der Waals surface area contributed by atoms with E-state index in [1.165, 1.54) is 5.56 Å². The quantitative estimate of drug-likeness (QED) is 0.897. The van der Waals surface area contributed by atoms with Gasteiger partial charge in [0.15, 0.2) is 0 Å². The fraction of sp³-hybridized carbons (Fsp3) is 0.312. The Balaban J connectivity index is 1.81. The lowest BCUT2D eigenvalue weighted by atomic mass is 9.89. The fourth-order valence-corrected chi connectivity index (χ4v) is 2.57. The van der Waals surface area contributed by atoms with Gasteiger partial charge in [-0.3, -0.25) is 4.98 Å². The van der Waals surface area contributed by atoms with Crippen molar-refractivity contribution in [2.24, 2.45) is 5.92 Å². The predicted molar refractivity (Wildman–Crippen MR) is 73.1 cm³/mol. The second-order valence-electron chi connectivity index (χ2n) is 5.12. The van der Waals surface area contributed by atoms with E-state index in [4.69, 9.17) is 4.74 Å². The predicted octanol–water partition coefficient (Wildman–Crippen LogP) is 2.67. The standard InChI is InChI=1S/C16H17NO2/c1-11-6-13(9-17-8-11)16(18)14-7-12-4-2-3-5-15(12)19-10-14/h2-6,8-9,14,16,18H,7,10H2,1H3. The average molecular weight is 255 g/mol. The molecule has 0 aliphatic carbocycles. The van der Waals surface area contributed by atoms with Gasteiger partial charge in [-0.1, -0.05) is 24.3 Å². The molecule has 0 bridgehead atoms. The zero-order valence-electron chi connectivity index (χ0n) is 10.9. The molecule has 0 spiro atoms. The number of aromatic nitrogens is 1. The van der Waals surface area contributed by atoms with Crippen LogP contribution in [0.15, 0.2) is 42.7 Å². The van der Waals surface area contributed by atoms with Gasteiger partial charge in [-0.25, -0.2) is 0 Å². The van der Waals surface area contributed by atoms with Crippen LogP contribution < -0.4 is 4.74 Å². The van der Waals surface area contributed by atoms with Crippen LogP contribution in [0, 0.1) is 12.8 Å². The minimum Gasteiger partial charge on any atom is -0.493 e. The molecule has 1 aliphatic heterocycles. The fourth-order valence-electron chi connectivity index (χ4n) is 2.57. The molecule has 3 rings (SSSR count). The number of pyridine rings is 1. The van der Waals surface area contributed by atoms with Gasteiger partial charge < -0.3 is 9.84 Å². The lowest BCUT2D eigenvalue weighted by Crippen LogP contribution is -2.26. The van der Waals surface area contributed by atoms with Crippen molar-refractivity contribution in [3.8, 4) is 5.75 Å². The number of rotatable bonds is 2. The van der Waals surface area contributed by atoms with Crippen LogP contribution in [-0.4, -0.2) is 16.7 Å². The molecule has 2 atom stereocenters. The molecule has 0 amide bonds. The molecular formula is C16H17NO2. The van der Waals surface area contributed by atoms with Crippen LogP contribution in [0.1, 0.15) is 22.8 Å². The minimum atomic E-state index is -0.527. The minimum absolute atomic E-state index is 0.0819. The van der Waals surface area contributed by atoms with Gasteiger partial charge in [-0.2, -0.15) is 0 Å². The Labute approximate surface area is 112 Å². The van der Waals surface area contributed by atoms with Crippen molar-refractivity contribution in [3.63, 3.8) is 0 Å². The molecule has 1 aromatic carbocycles. The molecular weight excluding hydrogens is 238 g/mol. The Kier molecular flexibility index (Phi) is 3.22. The van der Waals surface area contributed by atoms with E-state index in [1.54, 1.807) is 12.4 Å². The average Bonchev–Trinajstić information content (AvgIpc) is 2.46. The van der Waals surface area contributed by atoms with E-state index in [9.17, 15) is 5.11 Å². The highest BCUT2D eigenvalue weighted by atomic mass is 16.5. The van der Waals surface area contributed by atoms with E-state index in [0.29, 0.717) is 6.61 Å². The van der Waals surface area contributed by atoms with Crippen LogP contribution in [0.25, 0.3) is 0 Å². The highest BCUT2D eigenvalue weighted by Crippen LogP contribution is 2.33. The maximum atomic E-state index is 10.5. The van der Waals surface area contributed by atoms with E-state index in [2.05, 4.69) is 11.1 Å². The Bertz CT molecular complexity index is 582. The maximum Gasteiger partial charge on any atom is 0.122 e. The number of benzene rings is 1. The van der Waals surface area contributed by atoms with Gasteiger partial charge in [0, 0.05) is 18.3 Å². The van der Waals surface area contributed by atoms with Crippen molar-refractivity contribution < 1.29 is 9.84 Å². The molecule has 2 aromatic rings. The number of hydrogen-bond donors (Lipinski definition) is 1. The summed E-state index contributed by atoms with van der Waals surface area (Å²) >= 11 is 0. The Hall–Kier alpha value is -1.87. The van der Waals surface area contributed by atoms with E-state index in [1.807, 2.05) is 31.2 Å². The van der Waals surface area contributed by atoms with E-state index < -0.39 is 6.10 Å². The smallest absolute Gasteiger partial charge is 0.122 e. The molecule has 2 unspecified atom stereocenters. The molecule has 2 heterocycles. The van der Waals surface area contributed by atoms with Crippen LogP contribution in [0.2, 0.25) is 0 Å². The number of aliphatic hydroxyl groups excluding tert-OH is 1. The Morgan fingerprint density at radius 3 is 3.00 bits per heavy atom. The summed E-state index contributed by atoms with van der Waals surface area (Å²) in [7, 11) is 0. The van der Waals surface area contributed by atoms with Gasteiger partial charge in [0.1, 0.15) is 5.75 Å². The highest BCUT2D eigenvalue weighted by Gasteiger charge is 2.27. The van der Waals surface area contributed by atoms with Crippen LogP contribution in [0.5, 0.6) is 5.75 Å². The molecule has 3 heteroatoms.